The Hall–Kier alpha value is -3.25. The third-order valence-corrected chi connectivity index (χ3v) is 7.19. The Morgan fingerprint density at radius 3 is 2.72 bits per heavy atom. The van der Waals surface area contributed by atoms with Crippen molar-refractivity contribution in [1.29, 1.82) is 0 Å². The first-order valence-electron chi connectivity index (χ1n) is 11.0. The van der Waals surface area contributed by atoms with E-state index in [4.69, 9.17) is 0 Å². The van der Waals surface area contributed by atoms with Gasteiger partial charge >= 0.3 is 0 Å². The van der Waals surface area contributed by atoms with Gasteiger partial charge in [-0.25, -0.2) is 4.98 Å². The molecule has 162 valence electrons. The molecule has 6 heteroatoms. The third-order valence-electron chi connectivity index (χ3n) is 6.16. The maximum absolute atomic E-state index is 13.3. The molecule has 0 radical (unpaired) electrons. The van der Waals surface area contributed by atoms with Gasteiger partial charge in [-0.15, -0.1) is 11.3 Å². The topological polar surface area (TPSA) is 53.5 Å². The third kappa shape index (κ3) is 3.98. The van der Waals surface area contributed by atoms with Gasteiger partial charge in [0.2, 0.25) is 5.91 Å². The lowest BCUT2D eigenvalue weighted by Gasteiger charge is -2.34. The number of fused-ring (bicyclic) bond motifs is 2. The van der Waals surface area contributed by atoms with Crippen LogP contribution in [0, 0.1) is 5.92 Å². The van der Waals surface area contributed by atoms with Crippen LogP contribution in [0.25, 0.3) is 21.0 Å². The first kappa shape index (κ1) is 20.6. The average Bonchev–Trinajstić information content (AvgIpc) is 3.25. The molecule has 1 atom stereocenters. The molecule has 1 fully saturated rings. The van der Waals surface area contributed by atoms with Gasteiger partial charge in [0.15, 0.2) is 0 Å². The molecule has 0 spiro atoms. The van der Waals surface area contributed by atoms with Gasteiger partial charge in [0, 0.05) is 25.7 Å². The number of nitrogens with zero attached hydrogens (tertiary/aromatic N) is 3. The van der Waals surface area contributed by atoms with Crippen LogP contribution in [-0.4, -0.2) is 46.7 Å². The maximum atomic E-state index is 13.3. The molecule has 32 heavy (non-hydrogen) atoms. The maximum Gasteiger partial charge on any atom is 0.254 e. The fourth-order valence-corrected chi connectivity index (χ4v) is 5.55. The van der Waals surface area contributed by atoms with Crippen molar-refractivity contribution in [2.24, 2.45) is 5.92 Å². The zero-order chi connectivity index (χ0) is 22.1. The number of amides is 2. The molecule has 1 unspecified atom stereocenters. The van der Waals surface area contributed by atoms with Crippen molar-refractivity contribution < 1.29 is 9.59 Å². The van der Waals surface area contributed by atoms with E-state index in [0.29, 0.717) is 25.2 Å². The van der Waals surface area contributed by atoms with Gasteiger partial charge < -0.3 is 9.80 Å². The average molecular weight is 444 g/mol. The summed E-state index contributed by atoms with van der Waals surface area (Å²) in [4.78, 5) is 34.8. The van der Waals surface area contributed by atoms with Crippen molar-refractivity contribution >= 4 is 44.1 Å². The Balaban J connectivity index is 1.29. The number of hydrogen-bond donors (Lipinski definition) is 0. The standard InChI is InChI=1S/C26H25N3O2S/c1-28(17-24-27-22-13-4-5-14-23(22)32-24)25(30)19-10-7-15-29(16-19)26(31)21-12-6-9-18-8-2-3-11-20(18)21/h2-6,8-9,11-14,19H,7,10,15-17H2,1H3. The lowest BCUT2D eigenvalue weighted by molar-refractivity contribution is -0.136. The van der Waals surface area contributed by atoms with E-state index < -0.39 is 0 Å². The van der Waals surface area contributed by atoms with E-state index in [1.54, 1.807) is 16.2 Å². The predicted octanol–water partition coefficient (Wildman–Crippen LogP) is 4.96. The van der Waals surface area contributed by atoms with E-state index in [1.807, 2.05) is 72.6 Å². The van der Waals surface area contributed by atoms with Crippen LogP contribution in [0.3, 0.4) is 0 Å². The molecule has 4 aromatic rings. The fraction of sp³-hybridized carbons (Fsp3) is 0.269. The summed E-state index contributed by atoms with van der Waals surface area (Å²) in [6, 6.07) is 21.8. The molecule has 1 aliphatic heterocycles. The first-order chi connectivity index (χ1) is 15.6. The molecule has 5 rings (SSSR count). The Morgan fingerprint density at radius 2 is 1.84 bits per heavy atom. The van der Waals surface area contributed by atoms with Gasteiger partial charge in [-0.3, -0.25) is 9.59 Å². The van der Waals surface area contributed by atoms with Gasteiger partial charge in [0.25, 0.3) is 5.91 Å². The number of carbonyl (C=O) groups is 2. The lowest BCUT2D eigenvalue weighted by atomic mass is 9.95. The largest absolute Gasteiger partial charge is 0.339 e. The monoisotopic (exact) mass is 443 g/mol. The van der Waals surface area contributed by atoms with Crippen LogP contribution in [0.15, 0.2) is 66.7 Å². The summed E-state index contributed by atoms with van der Waals surface area (Å²) in [6.45, 7) is 1.64. The Kier molecular flexibility index (Phi) is 5.62. The molecular weight excluding hydrogens is 418 g/mol. The van der Waals surface area contributed by atoms with Crippen LogP contribution in [-0.2, 0) is 11.3 Å². The second kappa shape index (κ2) is 8.71. The Bertz CT molecular complexity index is 1260. The Morgan fingerprint density at radius 1 is 1.06 bits per heavy atom. The molecule has 1 saturated heterocycles. The van der Waals surface area contributed by atoms with Crippen molar-refractivity contribution in [2.45, 2.75) is 19.4 Å². The fourth-order valence-electron chi connectivity index (χ4n) is 4.53. The number of thiazole rings is 1. The number of likely N-dealkylation sites (tertiary alicyclic amines) is 1. The van der Waals surface area contributed by atoms with E-state index in [9.17, 15) is 9.59 Å². The molecule has 0 bridgehead atoms. The van der Waals surface area contributed by atoms with Crippen LogP contribution < -0.4 is 0 Å². The van der Waals surface area contributed by atoms with Crippen molar-refractivity contribution in [1.82, 2.24) is 14.8 Å². The summed E-state index contributed by atoms with van der Waals surface area (Å²) in [5.74, 6) is -0.0881. The van der Waals surface area contributed by atoms with E-state index in [-0.39, 0.29) is 17.7 Å². The van der Waals surface area contributed by atoms with Crippen molar-refractivity contribution in [3.8, 4) is 0 Å². The van der Waals surface area contributed by atoms with Gasteiger partial charge in [-0.05, 0) is 41.8 Å². The molecule has 5 nitrogen and oxygen atoms in total. The number of piperidine rings is 1. The summed E-state index contributed by atoms with van der Waals surface area (Å²) < 4.78 is 1.13. The van der Waals surface area contributed by atoms with Crippen molar-refractivity contribution in [2.75, 3.05) is 20.1 Å². The molecule has 3 aromatic carbocycles. The second-order valence-electron chi connectivity index (χ2n) is 8.39. The van der Waals surface area contributed by atoms with Crippen molar-refractivity contribution in [3.63, 3.8) is 0 Å². The predicted molar refractivity (Wildman–Crippen MR) is 129 cm³/mol. The number of hydrogen-bond acceptors (Lipinski definition) is 4. The summed E-state index contributed by atoms with van der Waals surface area (Å²) in [6.07, 6.45) is 1.64. The smallest absolute Gasteiger partial charge is 0.254 e. The summed E-state index contributed by atoms with van der Waals surface area (Å²) in [5.41, 5.74) is 1.68. The van der Waals surface area contributed by atoms with Crippen molar-refractivity contribution in [3.05, 3.63) is 77.3 Å². The molecule has 1 aliphatic rings. The van der Waals surface area contributed by atoms with Gasteiger partial charge in [0.1, 0.15) is 5.01 Å². The van der Waals surface area contributed by atoms with Crippen LogP contribution in [0.4, 0.5) is 0 Å². The van der Waals surface area contributed by atoms with Crippen LogP contribution >= 0.6 is 11.3 Å². The second-order valence-corrected chi connectivity index (χ2v) is 9.50. The summed E-state index contributed by atoms with van der Waals surface area (Å²) >= 11 is 1.62. The molecule has 0 saturated carbocycles. The minimum Gasteiger partial charge on any atom is -0.339 e. The number of rotatable bonds is 4. The minimum atomic E-state index is -0.179. The highest BCUT2D eigenvalue weighted by Crippen LogP contribution is 2.26. The van der Waals surface area contributed by atoms with Gasteiger partial charge in [-0.1, -0.05) is 48.5 Å². The quantitative estimate of drug-likeness (QED) is 0.448. The van der Waals surface area contributed by atoms with E-state index >= 15 is 0 Å². The zero-order valence-electron chi connectivity index (χ0n) is 18.0. The molecule has 2 heterocycles. The van der Waals surface area contributed by atoms with E-state index in [2.05, 4.69) is 11.1 Å². The number of aromatic nitrogens is 1. The van der Waals surface area contributed by atoms with Crippen LogP contribution in [0.2, 0.25) is 0 Å². The van der Waals surface area contributed by atoms with Crippen LogP contribution in [0.5, 0.6) is 0 Å². The molecule has 1 aromatic heterocycles. The van der Waals surface area contributed by atoms with Gasteiger partial charge in [0.05, 0.1) is 22.7 Å². The molecule has 0 aliphatic carbocycles. The highest BCUT2D eigenvalue weighted by atomic mass is 32.1. The lowest BCUT2D eigenvalue weighted by Crippen LogP contribution is -2.45. The molecule has 2 amide bonds. The van der Waals surface area contributed by atoms with Gasteiger partial charge in [-0.2, -0.15) is 0 Å². The first-order valence-corrected chi connectivity index (χ1v) is 11.8. The minimum absolute atomic E-state index is 0.00752. The highest BCUT2D eigenvalue weighted by Gasteiger charge is 2.31. The number of carbonyl (C=O) groups excluding carboxylic acids is 2. The highest BCUT2D eigenvalue weighted by molar-refractivity contribution is 7.18. The summed E-state index contributed by atoms with van der Waals surface area (Å²) in [7, 11) is 1.83. The normalized spacial score (nSPS) is 16.4. The number of para-hydroxylation sites is 1. The van der Waals surface area contributed by atoms with E-state index in [0.717, 1.165) is 38.8 Å². The number of benzene rings is 3. The SMILES string of the molecule is CN(Cc1nc2ccccc2s1)C(=O)C1CCCN(C(=O)c2cccc3ccccc23)C1. The van der Waals surface area contributed by atoms with Crippen LogP contribution in [0.1, 0.15) is 28.2 Å². The molecule has 0 N–H and O–H groups in total. The van der Waals surface area contributed by atoms with E-state index in [1.165, 1.54) is 0 Å². The molecular formula is C26H25N3O2S. The Labute approximate surface area is 191 Å². The summed E-state index contributed by atoms with van der Waals surface area (Å²) in [5, 5.41) is 2.95. The zero-order valence-corrected chi connectivity index (χ0v) is 18.8.